The van der Waals surface area contributed by atoms with E-state index in [1.807, 2.05) is 12.1 Å². The standard InChI is InChI=1S/C21H28N4O6/c1-6-21(5)18(29)25(19(30)23-21)24-15(26)12-31-16(27)11-22-17(28)13-7-9-14(10-8-13)20(2,3)4/h7-10H,6,11-12H2,1-5H3,(H,22,28)(H,23,30)(H,24,26). The number of ether oxygens (including phenoxy) is 1. The van der Waals surface area contributed by atoms with Gasteiger partial charge in [0.2, 0.25) is 0 Å². The molecule has 0 saturated carbocycles. The van der Waals surface area contributed by atoms with Crippen LogP contribution in [0.15, 0.2) is 24.3 Å². The lowest BCUT2D eigenvalue weighted by Gasteiger charge is -2.19. The molecular weight excluding hydrogens is 404 g/mol. The fourth-order valence-corrected chi connectivity index (χ4v) is 2.76. The van der Waals surface area contributed by atoms with Gasteiger partial charge >= 0.3 is 12.0 Å². The number of hydrogen-bond acceptors (Lipinski definition) is 6. The number of hydrazine groups is 1. The van der Waals surface area contributed by atoms with E-state index in [0.29, 0.717) is 17.0 Å². The first-order valence-electron chi connectivity index (χ1n) is 9.88. The van der Waals surface area contributed by atoms with Crippen LogP contribution in [0.1, 0.15) is 57.0 Å². The molecule has 10 nitrogen and oxygen atoms in total. The van der Waals surface area contributed by atoms with Gasteiger partial charge in [0.15, 0.2) is 6.61 Å². The maximum Gasteiger partial charge on any atom is 0.344 e. The van der Waals surface area contributed by atoms with Gasteiger partial charge in [0.1, 0.15) is 12.1 Å². The van der Waals surface area contributed by atoms with Gasteiger partial charge in [-0.1, -0.05) is 39.8 Å². The molecule has 1 aliphatic heterocycles. The molecule has 10 heteroatoms. The van der Waals surface area contributed by atoms with Gasteiger partial charge in [0.25, 0.3) is 17.7 Å². The Morgan fingerprint density at radius 3 is 2.26 bits per heavy atom. The molecule has 1 fully saturated rings. The third-order valence-electron chi connectivity index (χ3n) is 4.98. The molecule has 1 heterocycles. The number of carbonyl (C=O) groups is 5. The Labute approximate surface area is 180 Å². The molecule has 168 valence electrons. The highest BCUT2D eigenvalue weighted by molar-refractivity contribution is 6.07. The van der Waals surface area contributed by atoms with Gasteiger partial charge < -0.3 is 15.4 Å². The average Bonchev–Trinajstić information content (AvgIpc) is 2.93. The Morgan fingerprint density at radius 2 is 1.74 bits per heavy atom. The highest BCUT2D eigenvalue weighted by Crippen LogP contribution is 2.22. The maximum absolute atomic E-state index is 12.2. The predicted octanol–water partition coefficient (Wildman–Crippen LogP) is 1.01. The van der Waals surface area contributed by atoms with E-state index in [4.69, 9.17) is 4.74 Å². The van der Waals surface area contributed by atoms with E-state index in [2.05, 4.69) is 36.8 Å². The molecule has 1 aromatic rings. The summed E-state index contributed by atoms with van der Waals surface area (Å²) in [5.41, 5.74) is 2.41. The topological polar surface area (TPSA) is 134 Å². The first kappa shape index (κ1) is 23.8. The number of carbonyl (C=O) groups excluding carboxylic acids is 5. The van der Waals surface area contributed by atoms with Crippen molar-refractivity contribution in [1.29, 1.82) is 0 Å². The van der Waals surface area contributed by atoms with Crippen molar-refractivity contribution < 1.29 is 28.7 Å². The number of esters is 1. The number of nitrogens with zero attached hydrogens (tertiary/aromatic N) is 1. The van der Waals surface area contributed by atoms with Crippen LogP contribution in [0.3, 0.4) is 0 Å². The number of rotatable bonds is 7. The van der Waals surface area contributed by atoms with E-state index in [-0.39, 0.29) is 5.41 Å². The average molecular weight is 432 g/mol. The van der Waals surface area contributed by atoms with Crippen molar-refractivity contribution in [3.05, 3.63) is 35.4 Å². The Morgan fingerprint density at radius 1 is 1.13 bits per heavy atom. The molecular formula is C21H28N4O6. The largest absolute Gasteiger partial charge is 0.454 e. The molecule has 1 atom stereocenters. The fraction of sp³-hybridized carbons (Fsp3) is 0.476. The molecule has 1 aliphatic rings. The third-order valence-corrected chi connectivity index (χ3v) is 4.98. The van der Waals surface area contributed by atoms with E-state index >= 15 is 0 Å². The van der Waals surface area contributed by atoms with Crippen LogP contribution in [0.4, 0.5) is 4.79 Å². The number of nitrogens with one attached hydrogen (secondary N) is 3. The second-order valence-electron chi connectivity index (χ2n) is 8.46. The normalized spacial score (nSPS) is 18.4. The summed E-state index contributed by atoms with van der Waals surface area (Å²) in [6.07, 6.45) is 0.345. The summed E-state index contributed by atoms with van der Waals surface area (Å²) >= 11 is 0. The molecule has 0 aromatic heterocycles. The van der Waals surface area contributed by atoms with Crippen molar-refractivity contribution in [3.8, 4) is 0 Å². The zero-order chi connectivity index (χ0) is 23.4. The van der Waals surface area contributed by atoms with Gasteiger partial charge in [0.05, 0.1) is 0 Å². The number of imide groups is 1. The molecule has 2 rings (SSSR count). The number of urea groups is 1. The van der Waals surface area contributed by atoms with E-state index in [1.54, 1.807) is 26.0 Å². The van der Waals surface area contributed by atoms with Crippen LogP contribution in [0.5, 0.6) is 0 Å². The van der Waals surface area contributed by atoms with Gasteiger partial charge in [-0.15, -0.1) is 0 Å². The summed E-state index contributed by atoms with van der Waals surface area (Å²) in [5, 5.41) is 5.45. The van der Waals surface area contributed by atoms with E-state index in [9.17, 15) is 24.0 Å². The van der Waals surface area contributed by atoms with Gasteiger partial charge in [-0.2, -0.15) is 5.01 Å². The number of hydrogen-bond donors (Lipinski definition) is 3. The minimum absolute atomic E-state index is 0.0467. The molecule has 0 radical (unpaired) electrons. The SMILES string of the molecule is CCC1(C)NC(=O)N(NC(=O)COC(=O)CNC(=O)c2ccc(C(C)(C)C)cc2)C1=O. The Bertz CT molecular complexity index is 890. The zero-order valence-electron chi connectivity index (χ0n) is 18.3. The number of benzene rings is 1. The summed E-state index contributed by atoms with van der Waals surface area (Å²) in [6.45, 7) is 8.28. The smallest absolute Gasteiger partial charge is 0.344 e. The summed E-state index contributed by atoms with van der Waals surface area (Å²) in [6, 6.07) is 6.25. The maximum atomic E-state index is 12.2. The highest BCUT2D eigenvalue weighted by Gasteiger charge is 2.47. The Balaban J connectivity index is 1.78. The Hall–Kier alpha value is -3.43. The van der Waals surface area contributed by atoms with Crippen molar-refractivity contribution in [2.45, 2.75) is 52.0 Å². The monoisotopic (exact) mass is 432 g/mol. The summed E-state index contributed by atoms with van der Waals surface area (Å²) < 4.78 is 4.78. The van der Waals surface area contributed by atoms with E-state index < -0.39 is 48.4 Å². The lowest BCUT2D eigenvalue weighted by atomic mass is 9.87. The van der Waals surface area contributed by atoms with Crippen molar-refractivity contribution in [3.63, 3.8) is 0 Å². The van der Waals surface area contributed by atoms with Gasteiger partial charge in [0, 0.05) is 5.56 Å². The van der Waals surface area contributed by atoms with Crippen molar-refractivity contribution in [1.82, 2.24) is 21.1 Å². The van der Waals surface area contributed by atoms with Crippen molar-refractivity contribution in [2.75, 3.05) is 13.2 Å². The lowest BCUT2D eigenvalue weighted by molar-refractivity contribution is -0.149. The van der Waals surface area contributed by atoms with Crippen LogP contribution in [-0.4, -0.2) is 53.4 Å². The molecule has 1 aromatic carbocycles. The molecule has 3 N–H and O–H groups in total. The minimum atomic E-state index is -1.10. The van der Waals surface area contributed by atoms with E-state index in [0.717, 1.165) is 5.56 Å². The first-order chi connectivity index (χ1) is 14.4. The zero-order valence-corrected chi connectivity index (χ0v) is 18.3. The molecule has 1 saturated heterocycles. The minimum Gasteiger partial charge on any atom is -0.454 e. The molecule has 0 spiro atoms. The van der Waals surface area contributed by atoms with Gasteiger partial charge in [-0.3, -0.25) is 24.6 Å². The van der Waals surface area contributed by atoms with Crippen LogP contribution in [0, 0.1) is 0 Å². The van der Waals surface area contributed by atoms with Crippen LogP contribution in [0.2, 0.25) is 0 Å². The fourth-order valence-electron chi connectivity index (χ4n) is 2.76. The summed E-state index contributed by atoms with van der Waals surface area (Å²) in [4.78, 5) is 59.9. The number of amides is 5. The lowest BCUT2D eigenvalue weighted by Crippen LogP contribution is -2.49. The molecule has 5 amide bonds. The predicted molar refractivity (Wildman–Crippen MR) is 111 cm³/mol. The highest BCUT2D eigenvalue weighted by atomic mass is 16.5. The molecule has 31 heavy (non-hydrogen) atoms. The summed E-state index contributed by atoms with van der Waals surface area (Å²) in [7, 11) is 0. The Kier molecular flexibility index (Phi) is 7.04. The van der Waals surface area contributed by atoms with Crippen LogP contribution < -0.4 is 16.1 Å². The van der Waals surface area contributed by atoms with Crippen LogP contribution >= 0.6 is 0 Å². The molecule has 0 bridgehead atoms. The van der Waals surface area contributed by atoms with Crippen LogP contribution in [0.25, 0.3) is 0 Å². The third kappa shape index (κ3) is 5.80. The molecule has 1 unspecified atom stereocenters. The second-order valence-corrected chi connectivity index (χ2v) is 8.46. The molecule has 0 aliphatic carbocycles. The quantitative estimate of drug-likeness (QED) is 0.435. The van der Waals surface area contributed by atoms with Crippen molar-refractivity contribution in [2.24, 2.45) is 0 Å². The van der Waals surface area contributed by atoms with Crippen molar-refractivity contribution >= 4 is 29.7 Å². The van der Waals surface area contributed by atoms with Gasteiger partial charge in [-0.05, 0) is 36.5 Å². The van der Waals surface area contributed by atoms with Crippen LogP contribution in [-0.2, 0) is 24.5 Å². The van der Waals surface area contributed by atoms with E-state index in [1.165, 1.54) is 0 Å². The second kappa shape index (κ2) is 9.15. The first-order valence-corrected chi connectivity index (χ1v) is 9.88. The summed E-state index contributed by atoms with van der Waals surface area (Å²) in [5.74, 6) is -2.77. The van der Waals surface area contributed by atoms with Gasteiger partial charge in [-0.25, -0.2) is 4.79 Å².